The van der Waals surface area contributed by atoms with Gasteiger partial charge in [-0.3, -0.25) is 43.3 Å². The minimum Gasteiger partial charge on any atom is -0.379 e. The number of benzene rings is 2. The second-order valence-corrected chi connectivity index (χ2v) is 21.6. The van der Waals surface area contributed by atoms with Crippen molar-refractivity contribution in [1.82, 2.24) is 25.3 Å². The third-order valence-corrected chi connectivity index (χ3v) is 16.3. The molecule has 11 atom stereocenters. The van der Waals surface area contributed by atoms with Gasteiger partial charge in [0, 0.05) is 95.8 Å². The van der Waals surface area contributed by atoms with Gasteiger partial charge in [0.2, 0.25) is 23.6 Å². The maximum absolute atomic E-state index is 14.5. The zero-order valence-electron chi connectivity index (χ0n) is 45.0. The number of likely N-dealkylation sites (N-methyl/N-ethyl adjacent to an activating group) is 1. The number of nitrogens with one attached hydrogen (secondary N) is 3. The molecule has 2 unspecified atom stereocenters. The lowest BCUT2D eigenvalue weighted by atomic mass is 9.84. The maximum atomic E-state index is 14.5. The number of carbonyl (C=O) groups excluding carboxylic acids is 8. The predicted molar refractivity (Wildman–Crippen MR) is 282 cm³/mol. The number of hydrogen-bond donors (Lipinski definition) is 3. The third kappa shape index (κ3) is 15.1. The Morgan fingerprint density at radius 2 is 1.55 bits per heavy atom. The number of amides is 6. The van der Waals surface area contributed by atoms with Crippen LogP contribution in [0.4, 0.5) is 5.69 Å². The molecule has 16 nitrogen and oxygen atoms in total. The normalized spacial score (nSPS) is 21.9. The first-order valence-electron chi connectivity index (χ1n) is 27.1. The van der Waals surface area contributed by atoms with Crippen molar-refractivity contribution in [3.8, 4) is 0 Å². The average Bonchev–Trinajstić information content (AvgIpc) is 3.62. The molecule has 1 saturated carbocycles. The lowest BCUT2D eigenvalue weighted by molar-refractivity contribution is -0.149. The number of carbonyl (C=O) groups is 8. The molecule has 16 heteroatoms. The fourth-order valence-electron chi connectivity index (χ4n) is 11.5. The van der Waals surface area contributed by atoms with E-state index in [2.05, 4.69) is 29.8 Å². The SMILES string of the molecule is CC[C@H](C)[C@@H]([C@@H](CC(=O)N1CCC[C@H]1[C@H](OC)[C@@H](C)C(=O)C[C@@H](Cc1ccccc1)C(=O)Nc1ccc(CNC(=O)CCCCCN2C(=O)C=CC2=O)cc1)OC)N(C)C(=O)[C@@H](CC(=O)[C@H]1NCC2CC21)C(C)C. The van der Waals surface area contributed by atoms with Crippen molar-refractivity contribution >= 4 is 52.7 Å². The van der Waals surface area contributed by atoms with Gasteiger partial charge in [0.25, 0.3) is 11.8 Å². The van der Waals surface area contributed by atoms with Crippen LogP contribution in [0, 0.1) is 41.4 Å². The molecule has 404 valence electrons. The van der Waals surface area contributed by atoms with E-state index in [0.29, 0.717) is 75.7 Å². The highest BCUT2D eigenvalue weighted by Gasteiger charge is 2.51. The van der Waals surface area contributed by atoms with Crippen LogP contribution in [0.15, 0.2) is 66.7 Å². The molecule has 0 radical (unpaired) electrons. The first-order valence-corrected chi connectivity index (χ1v) is 27.1. The highest BCUT2D eigenvalue weighted by Crippen LogP contribution is 2.46. The van der Waals surface area contributed by atoms with Crippen molar-refractivity contribution in [3.05, 3.63) is 77.9 Å². The van der Waals surface area contributed by atoms with Gasteiger partial charge < -0.3 is 35.2 Å². The summed E-state index contributed by atoms with van der Waals surface area (Å²) in [6, 6.07) is 15.7. The Morgan fingerprint density at radius 3 is 2.16 bits per heavy atom. The van der Waals surface area contributed by atoms with E-state index in [1.807, 2.05) is 68.1 Å². The highest BCUT2D eigenvalue weighted by atomic mass is 16.5. The summed E-state index contributed by atoms with van der Waals surface area (Å²) in [5.74, 6) is -2.35. The molecule has 74 heavy (non-hydrogen) atoms. The second-order valence-electron chi connectivity index (χ2n) is 21.6. The zero-order valence-corrected chi connectivity index (χ0v) is 45.0. The number of rotatable bonds is 30. The third-order valence-electron chi connectivity index (χ3n) is 16.3. The Kier molecular flexibility index (Phi) is 21.3. The minimum absolute atomic E-state index is 0.0162. The van der Waals surface area contributed by atoms with Crippen LogP contribution in [-0.4, -0.2) is 133 Å². The van der Waals surface area contributed by atoms with E-state index in [1.165, 1.54) is 17.1 Å². The first-order chi connectivity index (χ1) is 35.4. The summed E-state index contributed by atoms with van der Waals surface area (Å²) < 4.78 is 12.2. The van der Waals surface area contributed by atoms with Gasteiger partial charge in [0.1, 0.15) is 5.78 Å². The van der Waals surface area contributed by atoms with Crippen molar-refractivity contribution in [3.63, 3.8) is 0 Å². The molecular formula is C58H82N6O10. The van der Waals surface area contributed by atoms with E-state index in [-0.39, 0.29) is 84.1 Å². The Labute approximate surface area is 438 Å². The molecule has 3 N–H and O–H groups in total. The fourth-order valence-corrected chi connectivity index (χ4v) is 11.5. The summed E-state index contributed by atoms with van der Waals surface area (Å²) >= 11 is 0. The van der Waals surface area contributed by atoms with Crippen molar-refractivity contribution in [2.45, 2.75) is 149 Å². The van der Waals surface area contributed by atoms with E-state index < -0.39 is 42.0 Å². The van der Waals surface area contributed by atoms with Crippen LogP contribution in [0.25, 0.3) is 0 Å². The number of piperidine rings is 1. The molecule has 0 bridgehead atoms. The Hall–Kier alpha value is -5.58. The molecule has 3 aliphatic heterocycles. The smallest absolute Gasteiger partial charge is 0.253 e. The van der Waals surface area contributed by atoms with Gasteiger partial charge >= 0.3 is 0 Å². The minimum atomic E-state index is -0.712. The van der Waals surface area contributed by atoms with Crippen LogP contribution >= 0.6 is 0 Å². The molecule has 2 aromatic carbocycles. The largest absolute Gasteiger partial charge is 0.379 e. The molecule has 0 aromatic heterocycles. The highest BCUT2D eigenvalue weighted by molar-refractivity contribution is 6.12. The summed E-state index contributed by atoms with van der Waals surface area (Å²) in [5, 5.41) is 9.30. The lowest BCUT2D eigenvalue weighted by Gasteiger charge is -2.41. The van der Waals surface area contributed by atoms with E-state index in [9.17, 15) is 38.4 Å². The second kappa shape index (κ2) is 27.3. The Balaban J connectivity index is 1.04. The standard InChI is InChI=1S/C58H82N6O10/c1-9-37(4)55(62(6)58(72)44(36(2)3)32-48(66)54-45-30-42(45)35-60-54)49(73-7)33-53(70)63-28-16-19-46(63)56(74-8)38(5)47(65)31-41(29-39-17-12-10-13-18-39)57(71)61-43-23-21-40(22-24-43)34-59-50(67)20-14-11-15-27-64-51(68)25-26-52(64)69/h10,12-13,17-18,21-26,36-38,41-42,44-46,49,54-56,60H,9,11,14-16,19-20,27-35H2,1-8H3,(H,59,67)(H,61,71)/t37-,38-,41+,42?,44-,45?,46-,49+,54-,55-,56+/m0/s1. The van der Waals surface area contributed by atoms with Crippen molar-refractivity contribution in [2.75, 3.05) is 46.2 Å². The summed E-state index contributed by atoms with van der Waals surface area (Å²) in [7, 11) is 4.91. The molecule has 4 aliphatic rings. The van der Waals surface area contributed by atoms with Crippen LogP contribution < -0.4 is 16.0 Å². The number of Topliss-reactive ketones (excluding diaryl/α,β-unsaturated/α-hetero) is 2. The number of methoxy groups -OCH3 is 2. The number of likely N-dealkylation sites (tertiary alicyclic amines) is 1. The summed E-state index contributed by atoms with van der Waals surface area (Å²) in [4.78, 5) is 112. The molecular weight excluding hydrogens is 941 g/mol. The number of ether oxygens (including phenoxy) is 2. The molecule has 3 heterocycles. The number of ketones is 2. The van der Waals surface area contributed by atoms with Gasteiger partial charge in [-0.25, -0.2) is 0 Å². The predicted octanol–water partition coefficient (Wildman–Crippen LogP) is 6.30. The number of imide groups is 1. The number of hydrogen-bond acceptors (Lipinski definition) is 11. The Morgan fingerprint density at radius 1 is 0.851 bits per heavy atom. The molecule has 6 rings (SSSR count). The zero-order chi connectivity index (χ0) is 53.6. The molecule has 2 saturated heterocycles. The van der Waals surface area contributed by atoms with E-state index in [1.54, 1.807) is 38.3 Å². The van der Waals surface area contributed by atoms with Gasteiger partial charge in [-0.15, -0.1) is 0 Å². The maximum Gasteiger partial charge on any atom is 0.253 e. The number of nitrogens with zero attached hydrogens (tertiary/aromatic N) is 3. The topological polar surface area (TPSA) is 201 Å². The molecule has 3 fully saturated rings. The first kappa shape index (κ1) is 57.7. The molecule has 0 spiro atoms. The van der Waals surface area contributed by atoms with Gasteiger partial charge in [0.15, 0.2) is 5.78 Å². The fraction of sp³-hybridized carbons (Fsp3) is 0.621. The van der Waals surface area contributed by atoms with Crippen molar-refractivity contribution < 1.29 is 47.8 Å². The van der Waals surface area contributed by atoms with Gasteiger partial charge in [-0.2, -0.15) is 0 Å². The molecule has 6 amide bonds. The Bertz CT molecular complexity index is 2290. The summed E-state index contributed by atoms with van der Waals surface area (Å²) in [6.07, 6.45) is 7.15. The van der Waals surface area contributed by atoms with Crippen LogP contribution in [-0.2, 0) is 60.8 Å². The van der Waals surface area contributed by atoms with Gasteiger partial charge in [-0.1, -0.05) is 89.9 Å². The van der Waals surface area contributed by atoms with Crippen LogP contribution in [0.5, 0.6) is 0 Å². The number of fused-ring (bicyclic) bond motifs is 1. The molecule has 1 aliphatic carbocycles. The molecule has 2 aromatic rings. The summed E-state index contributed by atoms with van der Waals surface area (Å²) in [6.45, 7) is 11.9. The average molecular weight is 1020 g/mol. The summed E-state index contributed by atoms with van der Waals surface area (Å²) in [5.41, 5.74) is 2.30. The number of unbranched alkanes of at least 4 members (excludes halogenated alkanes) is 2. The van der Waals surface area contributed by atoms with Gasteiger partial charge in [-0.05, 0) is 92.0 Å². The quantitative estimate of drug-likeness (QED) is 0.0586. The monoisotopic (exact) mass is 1020 g/mol. The van der Waals surface area contributed by atoms with E-state index in [0.717, 1.165) is 36.9 Å². The van der Waals surface area contributed by atoms with Gasteiger partial charge in [0.05, 0.1) is 36.8 Å². The van der Waals surface area contributed by atoms with Crippen molar-refractivity contribution in [1.29, 1.82) is 0 Å². The van der Waals surface area contributed by atoms with Crippen molar-refractivity contribution in [2.24, 2.45) is 41.4 Å². The number of anilines is 1. The van der Waals surface area contributed by atoms with E-state index >= 15 is 0 Å². The van der Waals surface area contributed by atoms with Crippen LogP contribution in [0.1, 0.15) is 116 Å². The van der Waals surface area contributed by atoms with Crippen LogP contribution in [0.3, 0.4) is 0 Å². The van der Waals surface area contributed by atoms with E-state index in [4.69, 9.17) is 9.47 Å². The lowest BCUT2D eigenvalue weighted by Crippen LogP contribution is -2.54. The van der Waals surface area contributed by atoms with Crippen LogP contribution in [0.2, 0.25) is 0 Å².